The lowest BCUT2D eigenvalue weighted by atomic mass is 10.3. The van der Waals surface area contributed by atoms with Crippen LogP contribution in [0.15, 0.2) is 42.9 Å². The minimum Gasteiger partial charge on any atom is -0.478 e. The molecule has 0 fully saturated rings. The molecule has 0 bridgehead atoms. The molecule has 4 nitrogen and oxygen atoms in total. The van der Waals surface area contributed by atoms with E-state index in [1.165, 1.54) is 12.3 Å². The summed E-state index contributed by atoms with van der Waals surface area (Å²) in [6.45, 7) is 0. The van der Waals surface area contributed by atoms with Crippen LogP contribution in [0.1, 0.15) is 10.4 Å². The van der Waals surface area contributed by atoms with Gasteiger partial charge in [0.2, 0.25) is 0 Å². The molecule has 0 aliphatic heterocycles. The zero-order valence-corrected chi connectivity index (χ0v) is 7.29. The lowest BCUT2D eigenvalue weighted by Crippen LogP contribution is -1.99. The molecule has 14 heavy (non-hydrogen) atoms. The summed E-state index contributed by atoms with van der Waals surface area (Å²) < 4.78 is 1.81. The smallest absolute Gasteiger partial charge is 0.337 e. The maximum atomic E-state index is 10.6. The van der Waals surface area contributed by atoms with Crippen molar-refractivity contribution in [1.29, 1.82) is 0 Å². The second-order valence-corrected chi connectivity index (χ2v) is 2.80. The Morgan fingerprint density at radius 1 is 1.29 bits per heavy atom. The molecule has 0 amide bonds. The minimum absolute atomic E-state index is 0.195. The van der Waals surface area contributed by atoms with E-state index in [0.717, 1.165) is 0 Å². The van der Waals surface area contributed by atoms with E-state index in [1.54, 1.807) is 6.07 Å². The lowest BCUT2D eigenvalue weighted by Gasteiger charge is -2.00. The number of aromatic carboxylic acids is 1. The number of pyridine rings is 1. The number of carboxylic acid groups (broad SMARTS) is 1. The maximum Gasteiger partial charge on any atom is 0.337 e. The highest BCUT2D eigenvalue weighted by Crippen LogP contribution is 2.05. The van der Waals surface area contributed by atoms with Crippen LogP contribution >= 0.6 is 0 Å². The van der Waals surface area contributed by atoms with Crippen molar-refractivity contribution in [3.05, 3.63) is 48.4 Å². The van der Waals surface area contributed by atoms with Crippen molar-refractivity contribution in [2.75, 3.05) is 0 Å². The first kappa shape index (κ1) is 8.50. The quantitative estimate of drug-likeness (QED) is 0.778. The second-order valence-electron chi connectivity index (χ2n) is 2.80. The molecule has 0 aromatic carbocycles. The summed E-state index contributed by atoms with van der Waals surface area (Å²) in [6.07, 6.45) is 5.04. The zero-order valence-electron chi connectivity index (χ0n) is 7.29. The molecule has 0 saturated heterocycles. The van der Waals surface area contributed by atoms with Gasteiger partial charge in [-0.25, -0.2) is 9.78 Å². The van der Waals surface area contributed by atoms with Crippen molar-refractivity contribution in [3.63, 3.8) is 0 Å². The van der Waals surface area contributed by atoms with Gasteiger partial charge in [-0.3, -0.25) is 0 Å². The van der Waals surface area contributed by atoms with Crippen LogP contribution in [-0.4, -0.2) is 20.6 Å². The van der Waals surface area contributed by atoms with Crippen LogP contribution in [0, 0.1) is 0 Å². The standard InChI is InChI=1S/C10H8N2O2/c13-10(14)8-3-4-9(11-7-8)12-5-1-2-6-12/h1-7H,(H,13,14). The summed E-state index contributed by atoms with van der Waals surface area (Å²) in [6, 6.07) is 6.97. The lowest BCUT2D eigenvalue weighted by molar-refractivity contribution is 0.0696. The predicted molar refractivity (Wildman–Crippen MR) is 50.5 cm³/mol. The van der Waals surface area contributed by atoms with Crippen molar-refractivity contribution >= 4 is 5.97 Å². The van der Waals surface area contributed by atoms with Gasteiger partial charge in [-0.2, -0.15) is 0 Å². The predicted octanol–water partition coefficient (Wildman–Crippen LogP) is 1.57. The summed E-state index contributed by atoms with van der Waals surface area (Å²) in [5.74, 6) is -0.253. The summed E-state index contributed by atoms with van der Waals surface area (Å²) in [5, 5.41) is 8.66. The van der Waals surface area contributed by atoms with Crippen LogP contribution < -0.4 is 0 Å². The Bertz CT molecular complexity index is 432. The molecular weight excluding hydrogens is 180 g/mol. The topological polar surface area (TPSA) is 55.1 Å². The van der Waals surface area contributed by atoms with Gasteiger partial charge in [0.15, 0.2) is 0 Å². The number of aromatic nitrogens is 2. The van der Waals surface area contributed by atoms with Gasteiger partial charge in [0, 0.05) is 18.6 Å². The third-order valence-corrected chi connectivity index (χ3v) is 1.86. The van der Waals surface area contributed by atoms with Crippen LogP contribution in [0.4, 0.5) is 0 Å². The molecule has 2 heterocycles. The van der Waals surface area contributed by atoms with Crippen molar-refractivity contribution in [3.8, 4) is 5.82 Å². The van der Waals surface area contributed by atoms with Gasteiger partial charge >= 0.3 is 5.97 Å². The van der Waals surface area contributed by atoms with Crippen LogP contribution in [0.25, 0.3) is 5.82 Å². The SMILES string of the molecule is O=C(O)c1ccc(-n2cccc2)nc1. The molecule has 2 rings (SSSR count). The highest BCUT2D eigenvalue weighted by atomic mass is 16.4. The van der Waals surface area contributed by atoms with Gasteiger partial charge in [-0.05, 0) is 24.3 Å². The van der Waals surface area contributed by atoms with E-state index >= 15 is 0 Å². The molecule has 2 aromatic rings. The molecule has 4 heteroatoms. The van der Waals surface area contributed by atoms with Crippen molar-refractivity contribution < 1.29 is 9.90 Å². The monoisotopic (exact) mass is 188 g/mol. The number of hydrogen-bond donors (Lipinski definition) is 1. The molecule has 0 saturated carbocycles. The summed E-state index contributed by atoms with van der Waals surface area (Å²) in [4.78, 5) is 14.6. The number of nitrogens with zero attached hydrogens (tertiary/aromatic N) is 2. The van der Waals surface area contributed by atoms with Gasteiger partial charge in [0.25, 0.3) is 0 Å². The van der Waals surface area contributed by atoms with Gasteiger partial charge in [0.1, 0.15) is 5.82 Å². The zero-order chi connectivity index (χ0) is 9.97. The fourth-order valence-corrected chi connectivity index (χ4v) is 1.15. The first-order valence-corrected chi connectivity index (χ1v) is 4.10. The molecule has 0 atom stereocenters. The minimum atomic E-state index is -0.962. The Balaban J connectivity index is 2.36. The van der Waals surface area contributed by atoms with Crippen molar-refractivity contribution in [2.45, 2.75) is 0 Å². The van der Waals surface area contributed by atoms with Crippen LogP contribution in [0.3, 0.4) is 0 Å². The largest absolute Gasteiger partial charge is 0.478 e. The molecular formula is C10H8N2O2. The Morgan fingerprint density at radius 2 is 2.00 bits per heavy atom. The highest BCUT2D eigenvalue weighted by Gasteiger charge is 2.02. The molecule has 0 aliphatic carbocycles. The summed E-state index contributed by atoms with van der Waals surface area (Å²) in [5.41, 5.74) is 0.195. The Morgan fingerprint density at radius 3 is 2.50 bits per heavy atom. The molecule has 70 valence electrons. The van der Waals surface area contributed by atoms with Gasteiger partial charge in [-0.1, -0.05) is 0 Å². The third-order valence-electron chi connectivity index (χ3n) is 1.86. The molecule has 0 unspecified atom stereocenters. The van der Waals surface area contributed by atoms with E-state index in [1.807, 2.05) is 29.1 Å². The fourth-order valence-electron chi connectivity index (χ4n) is 1.15. The number of rotatable bonds is 2. The first-order valence-electron chi connectivity index (χ1n) is 4.10. The fraction of sp³-hybridized carbons (Fsp3) is 0. The Hall–Kier alpha value is -2.10. The average molecular weight is 188 g/mol. The van der Waals surface area contributed by atoms with E-state index in [-0.39, 0.29) is 5.56 Å². The van der Waals surface area contributed by atoms with Crippen LogP contribution in [-0.2, 0) is 0 Å². The number of hydrogen-bond acceptors (Lipinski definition) is 2. The third kappa shape index (κ3) is 1.50. The van der Waals surface area contributed by atoms with E-state index in [0.29, 0.717) is 5.82 Å². The summed E-state index contributed by atoms with van der Waals surface area (Å²) >= 11 is 0. The number of carboxylic acids is 1. The molecule has 1 N–H and O–H groups in total. The van der Waals surface area contributed by atoms with Gasteiger partial charge in [0.05, 0.1) is 5.56 Å². The average Bonchev–Trinajstić information content (AvgIpc) is 2.71. The van der Waals surface area contributed by atoms with E-state index in [2.05, 4.69) is 4.98 Å². The Kier molecular flexibility index (Phi) is 2.02. The maximum absolute atomic E-state index is 10.6. The van der Waals surface area contributed by atoms with Gasteiger partial charge < -0.3 is 9.67 Å². The van der Waals surface area contributed by atoms with Gasteiger partial charge in [-0.15, -0.1) is 0 Å². The molecule has 0 aliphatic rings. The molecule has 0 spiro atoms. The van der Waals surface area contributed by atoms with Crippen LogP contribution in [0.2, 0.25) is 0 Å². The first-order chi connectivity index (χ1) is 6.77. The van der Waals surface area contributed by atoms with E-state index in [4.69, 9.17) is 5.11 Å². The van der Waals surface area contributed by atoms with E-state index < -0.39 is 5.97 Å². The van der Waals surface area contributed by atoms with Crippen molar-refractivity contribution in [1.82, 2.24) is 9.55 Å². The van der Waals surface area contributed by atoms with Crippen molar-refractivity contribution in [2.24, 2.45) is 0 Å². The molecule has 2 aromatic heterocycles. The van der Waals surface area contributed by atoms with E-state index in [9.17, 15) is 4.79 Å². The summed E-state index contributed by atoms with van der Waals surface area (Å²) in [7, 11) is 0. The second kappa shape index (κ2) is 3.33. The highest BCUT2D eigenvalue weighted by molar-refractivity contribution is 5.87. The van der Waals surface area contributed by atoms with Crippen LogP contribution in [0.5, 0.6) is 0 Å². The number of carbonyl (C=O) groups is 1. The Labute approximate surface area is 80.4 Å². The normalized spacial score (nSPS) is 10.0. The molecule has 0 radical (unpaired) electrons.